The number of carbonyl (C=O) groups is 1. The Bertz CT molecular complexity index is 817. The topological polar surface area (TPSA) is 73.8 Å². The zero-order valence-electron chi connectivity index (χ0n) is 12.4. The van der Waals surface area contributed by atoms with Crippen molar-refractivity contribution in [2.24, 2.45) is 5.73 Å². The van der Waals surface area contributed by atoms with Crippen molar-refractivity contribution in [1.29, 1.82) is 0 Å². The standard InChI is InChI=1S/C16H16N4OS/c1-3-14-12(15(17)21)8-18-20(14)16-19-13(9-22-16)11-6-4-10(2)5-7-11/h4-9H,3H2,1-2H3,(H2,17,21). The van der Waals surface area contributed by atoms with Crippen LogP contribution in [0, 0.1) is 6.92 Å². The third kappa shape index (κ3) is 2.53. The van der Waals surface area contributed by atoms with E-state index >= 15 is 0 Å². The fourth-order valence-electron chi connectivity index (χ4n) is 2.30. The summed E-state index contributed by atoms with van der Waals surface area (Å²) in [7, 11) is 0. The van der Waals surface area contributed by atoms with Gasteiger partial charge in [-0.05, 0) is 13.3 Å². The van der Waals surface area contributed by atoms with Gasteiger partial charge in [-0.25, -0.2) is 9.67 Å². The van der Waals surface area contributed by atoms with Crippen LogP contribution in [0.3, 0.4) is 0 Å². The van der Waals surface area contributed by atoms with Gasteiger partial charge in [0.1, 0.15) is 0 Å². The molecule has 1 amide bonds. The Labute approximate surface area is 132 Å². The molecule has 2 heterocycles. The number of hydrogen-bond donors (Lipinski definition) is 1. The molecule has 2 N–H and O–H groups in total. The van der Waals surface area contributed by atoms with Crippen molar-refractivity contribution in [3.8, 4) is 16.4 Å². The molecule has 0 atom stereocenters. The molecular weight excluding hydrogens is 296 g/mol. The molecule has 0 bridgehead atoms. The van der Waals surface area contributed by atoms with Crippen LogP contribution < -0.4 is 5.73 Å². The van der Waals surface area contributed by atoms with Crippen LogP contribution in [0.1, 0.15) is 28.5 Å². The summed E-state index contributed by atoms with van der Waals surface area (Å²) < 4.78 is 1.70. The van der Waals surface area contributed by atoms with E-state index in [9.17, 15) is 4.79 Å². The summed E-state index contributed by atoms with van der Waals surface area (Å²) in [5.74, 6) is -0.460. The van der Waals surface area contributed by atoms with Crippen LogP contribution in [0.2, 0.25) is 0 Å². The van der Waals surface area contributed by atoms with E-state index in [0.717, 1.165) is 22.1 Å². The van der Waals surface area contributed by atoms with Gasteiger partial charge in [-0.15, -0.1) is 11.3 Å². The third-order valence-corrected chi connectivity index (χ3v) is 4.31. The van der Waals surface area contributed by atoms with Crippen molar-refractivity contribution in [1.82, 2.24) is 14.8 Å². The molecule has 0 aliphatic carbocycles. The normalized spacial score (nSPS) is 10.8. The van der Waals surface area contributed by atoms with Crippen molar-refractivity contribution in [3.05, 3.63) is 52.7 Å². The number of nitrogens with two attached hydrogens (primary N) is 1. The maximum Gasteiger partial charge on any atom is 0.252 e. The number of nitrogens with zero attached hydrogens (tertiary/aromatic N) is 3. The predicted octanol–water partition coefficient (Wildman–Crippen LogP) is 2.97. The van der Waals surface area contributed by atoms with Crippen LogP contribution >= 0.6 is 11.3 Å². The van der Waals surface area contributed by atoms with Gasteiger partial charge in [-0.1, -0.05) is 36.8 Å². The lowest BCUT2D eigenvalue weighted by atomic mass is 10.1. The first kappa shape index (κ1) is 14.5. The highest BCUT2D eigenvalue weighted by atomic mass is 32.1. The first-order chi connectivity index (χ1) is 10.6. The molecule has 0 aliphatic rings. The second kappa shape index (κ2) is 5.73. The lowest BCUT2D eigenvalue weighted by Crippen LogP contribution is -2.13. The molecule has 0 radical (unpaired) electrons. The van der Waals surface area contributed by atoms with Crippen LogP contribution in [0.5, 0.6) is 0 Å². The number of aromatic nitrogens is 3. The van der Waals surface area contributed by atoms with Gasteiger partial charge < -0.3 is 5.73 Å². The van der Waals surface area contributed by atoms with Gasteiger partial charge in [0.15, 0.2) is 0 Å². The van der Waals surface area contributed by atoms with E-state index in [4.69, 9.17) is 5.73 Å². The van der Waals surface area contributed by atoms with Crippen LogP contribution in [-0.2, 0) is 6.42 Å². The smallest absolute Gasteiger partial charge is 0.252 e. The predicted molar refractivity (Wildman–Crippen MR) is 87.3 cm³/mol. The lowest BCUT2D eigenvalue weighted by molar-refractivity contribution is 0.0999. The third-order valence-electron chi connectivity index (χ3n) is 3.49. The fourth-order valence-corrected chi connectivity index (χ4v) is 3.12. The van der Waals surface area contributed by atoms with Crippen molar-refractivity contribution in [2.45, 2.75) is 20.3 Å². The maximum absolute atomic E-state index is 11.4. The molecular formula is C16H16N4OS. The summed E-state index contributed by atoms with van der Waals surface area (Å²) in [6.45, 7) is 4.02. The van der Waals surface area contributed by atoms with Crippen molar-refractivity contribution >= 4 is 17.2 Å². The number of hydrogen-bond acceptors (Lipinski definition) is 4. The van der Waals surface area contributed by atoms with Crippen LogP contribution in [0.15, 0.2) is 35.8 Å². The molecule has 5 nitrogen and oxygen atoms in total. The van der Waals surface area contributed by atoms with E-state index in [1.54, 1.807) is 4.68 Å². The van der Waals surface area contributed by atoms with E-state index in [0.29, 0.717) is 12.0 Å². The van der Waals surface area contributed by atoms with E-state index in [1.807, 2.05) is 24.4 Å². The number of amides is 1. The van der Waals surface area contributed by atoms with Crippen molar-refractivity contribution in [3.63, 3.8) is 0 Å². The molecule has 0 saturated heterocycles. The van der Waals surface area contributed by atoms with E-state index in [-0.39, 0.29) is 0 Å². The largest absolute Gasteiger partial charge is 0.365 e. The number of primary amides is 1. The average Bonchev–Trinajstić information content (AvgIpc) is 3.14. The van der Waals surface area contributed by atoms with Gasteiger partial charge in [0, 0.05) is 10.9 Å². The number of thiazole rings is 1. The molecule has 2 aromatic heterocycles. The highest BCUT2D eigenvalue weighted by molar-refractivity contribution is 7.12. The summed E-state index contributed by atoms with van der Waals surface area (Å²) in [4.78, 5) is 16.1. The summed E-state index contributed by atoms with van der Waals surface area (Å²) in [6, 6.07) is 8.22. The zero-order chi connectivity index (χ0) is 15.7. The SMILES string of the molecule is CCc1c(C(N)=O)cnn1-c1nc(-c2ccc(C)cc2)cs1. The number of aryl methyl sites for hydroxylation is 1. The maximum atomic E-state index is 11.4. The van der Waals surface area contributed by atoms with Gasteiger partial charge in [0.05, 0.1) is 23.1 Å². The number of benzene rings is 1. The van der Waals surface area contributed by atoms with Gasteiger partial charge >= 0.3 is 0 Å². The minimum atomic E-state index is -0.460. The molecule has 0 saturated carbocycles. The van der Waals surface area contributed by atoms with Gasteiger partial charge in [-0.3, -0.25) is 4.79 Å². The Hall–Kier alpha value is -2.47. The Morgan fingerprint density at radius 2 is 2.05 bits per heavy atom. The molecule has 112 valence electrons. The van der Waals surface area contributed by atoms with E-state index in [2.05, 4.69) is 29.1 Å². The Kier molecular flexibility index (Phi) is 3.77. The second-order valence-electron chi connectivity index (χ2n) is 5.02. The van der Waals surface area contributed by atoms with Crippen LogP contribution in [-0.4, -0.2) is 20.7 Å². The fraction of sp³-hybridized carbons (Fsp3) is 0.188. The lowest BCUT2D eigenvalue weighted by Gasteiger charge is -2.02. The van der Waals surface area contributed by atoms with Gasteiger partial charge in [0.2, 0.25) is 5.13 Å². The second-order valence-corrected chi connectivity index (χ2v) is 5.85. The van der Waals surface area contributed by atoms with Gasteiger partial charge in [0.25, 0.3) is 5.91 Å². The summed E-state index contributed by atoms with van der Waals surface area (Å²) in [5, 5.41) is 6.99. The molecule has 3 rings (SSSR count). The Balaban J connectivity index is 2.01. The van der Waals surface area contributed by atoms with E-state index < -0.39 is 5.91 Å². The zero-order valence-corrected chi connectivity index (χ0v) is 13.2. The molecule has 0 aliphatic heterocycles. The summed E-state index contributed by atoms with van der Waals surface area (Å²) >= 11 is 1.49. The number of rotatable bonds is 4. The Morgan fingerprint density at radius 1 is 1.32 bits per heavy atom. The van der Waals surface area contributed by atoms with E-state index in [1.165, 1.54) is 23.1 Å². The summed E-state index contributed by atoms with van der Waals surface area (Å²) in [6.07, 6.45) is 2.17. The minimum Gasteiger partial charge on any atom is -0.365 e. The monoisotopic (exact) mass is 312 g/mol. The molecule has 6 heteroatoms. The quantitative estimate of drug-likeness (QED) is 0.805. The van der Waals surface area contributed by atoms with Crippen LogP contribution in [0.4, 0.5) is 0 Å². The molecule has 1 aromatic carbocycles. The van der Waals surface area contributed by atoms with Crippen molar-refractivity contribution < 1.29 is 4.79 Å². The van der Waals surface area contributed by atoms with Crippen molar-refractivity contribution in [2.75, 3.05) is 0 Å². The first-order valence-electron chi connectivity index (χ1n) is 6.99. The molecule has 0 fully saturated rings. The van der Waals surface area contributed by atoms with Crippen LogP contribution in [0.25, 0.3) is 16.4 Å². The highest BCUT2D eigenvalue weighted by Crippen LogP contribution is 2.25. The molecule has 3 aromatic rings. The number of carbonyl (C=O) groups excluding carboxylic acids is 1. The molecule has 0 spiro atoms. The Morgan fingerprint density at radius 3 is 2.68 bits per heavy atom. The van der Waals surface area contributed by atoms with Gasteiger partial charge in [-0.2, -0.15) is 5.10 Å². The molecule has 0 unspecified atom stereocenters. The average molecular weight is 312 g/mol. The first-order valence-corrected chi connectivity index (χ1v) is 7.87. The minimum absolute atomic E-state index is 0.453. The summed E-state index contributed by atoms with van der Waals surface area (Å²) in [5.41, 5.74) is 9.80. The highest BCUT2D eigenvalue weighted by Gasteiger charge is 2.17. The molecule has 22 heavy (non-hydrogen) atoms.